The van der Waals surface area contributed by atoms with Gasteiger partial charge in [-0.3, -0.25) is 4.79 Å². The van der Waals surface area contributed by atoms with Gasteiger partial charge in [-0.05, 0) is 62.1 Å². The summed E-state index contributed by atoms with van der Waals surface area (Å²) in [6.45, 7) is -2.53. The number of alkyl halides is 2. The van der Waals surface area contributed by atoms with Gasteiger partial charge in [0.1, 0.15) is 11.5 Å². The van der Waals surface area contributed by atoms with Crippen LogP contribution in [-0.2, 0) is 11.3 Å². The Morgan fingerprint density at radius 3 is 2.73 bits per heavy atom. The molecule has 1 amide bonds. The number of allylic oxidation sites excluding steroid dienone is 2. The number of nitrogen functional groups attached to an aromatic ring is 1. The van der Waals surface area contributed by atoms with Crippen molar-refractivity contribution in [3.05, 3.63) is 60.2 Å². The van der Waals surface area contributed by atoms with Crippen molar-refractivity contribution in [2.45, 2.75) is 44.0 Å². The summed E-state index contributed by atoms with van der Waals surface area (Å²) in [5, 5.41) is 8.52. The number of furan rings is 1. The first-order valence-electron chi connectivity index (χ1n) is 10.4. The van der Waals surface area contributed by atoms with E-state index in [0.29, 0.717) is 28.8 Å². The molecule has 3 aromatic rings. The van der Waals surface area contributed by atoms with Gasteiger partial charge in [-0.15, -0.1) is 10.2 Å². The molecule has 2 aromatic heterocycles. The minimum absolute atomic E-state index is 0.0331. The molecule has 0 saturated heterocycles. The molecule has 33 heavy (non-hydrogen) atoms. The third kappa shape index (κ3) is 5.72. The van der Waals surface area contributed by atoms with E-state index >= 15 is 0 Å². The molecule has 0 fully saturated rings. The van der Waals surface area contributed by atoms with E-state index in [4.69, 9.17) is 10.3 Å². The van der Waals surface area contributed by atoms with Crippen LogP contribution in [0.4, 0.5) is 8.78 Å². The van der Waals surface area contributed by atoms with Crippen molar-refractivity contribution in [3.8, 4) is 17.1 Å². The largest absolute Gasteiger partial charge is 0.467 e. The van der Waals surface area contributed by atoms with Crippen LogP contribution in [0.5, 0.6) is 5.75 Å². The average Bonchev–Trinajstić information content (AvgIpc) is 3.46. The first-order valence-corrected chi connectivity index (χ1v) is 11.4. The lowest BCUT2D eigenvalue weighted by atomic mass is 10.0. The molecule has 174 valence electrons. The van der Waals surface area contributed by atoms with Gasteiger partial charge in [0.2, 0.25) is 11.1 Å². The Balaban J connectivity index is 1.44. The van der Waals surface area contributed by atoms with Crippen molar-refractivity contribution < 1.29 is 22.7 Å². The Kier molecular flexibility index (Phi) is 7.28. The van der Waals surface area contributed by atoms with E-state index in [1.54, 1.807) is 29.4 Å². The summed E-state index contributed by atoms with van der Waals surface area (Å²) < 4.78 is 35.7. The standard InChI is InChI=1S/C22H23F2N5O3S/c23-21(24)32-17-10-8-15(9-11-17)20-26-27-22(29(20)25)33-14-19(30)28(13-18-7-4-12-31-18)16-5-2-1-3-6-16/h4-5,7-12,21H,1-3,6,13-14,25H2. The number of hydrogen-bond acceptors (Lipinski definition) is 7. The van der Waals surface area contributed by atoms with Crippen molar-refractivity contribution in [2.24, 2.45) is 0 Å². The number of halogens is 2. The molecule has 0 aliphatic heterocycles. The fourth-order valence-electron chi connectivity index (χ4n) is 3.54. The van der Waals surface area contributed by atoms with E-state index in [2.05, 4.69) is 21.0 Å². The van der Waals surface area contributed by atoms with Crippen LogP contribution < -0.4 is 10.6 Å². The molecule has 1 aliphatic rings. The zero-order valence-corrected chi connectivity index (χ0v) is 18.5. The summed E-state index contributed by atoms with van der Waals surface area (Å²) in [5.41, 5.74) is 1.58. The van der Waals surface area contributed by atoms with Crippen LogP contribution in [0.2, 0.25) is 0 Å². The smallest absolute Gasteiger partial charge is 0.387 e. The molecule has 0 atom stereocenters. The zero-order chi connectivity index (χ0) is 23.2. The maximum atomic E-state index is 13.1. The predicted octanol–water partition coefficient (Wildman–Crippen LogP) is 4.43. The molecule has 2 heterocycles. The van der Waals surface area contributed by atoms with E-state index in [9.17, 15) is 13.6 Å². The van der Waals surface area contributed by atoms with Gasteiger partial charge in [0.15, 0.2) is 5.82 Å². The summed E-state index contributed by atoms with van der Waals surface area (Å²) in [4.78, 5) is 14.9. The minimum Gasteiger partial charge on any atom is -0.467 e. The van der Waals surface area contributed by atoms with Crippen LogP contribution in [0.3, 0.4) is 0 Å². The van der Waals surface area contributed by atoms with E-state index in [-0.39, 0.29) is 17.4 Å². The van der Waals surface area contributed by atoms with Gasteiger partial charge in [0.25, 0.3) is 0 Å². The first-order chi connectivity index (χ1) is 16.0. The highest BCUT2D eigenvalue weighted by Crippen LogP contribution is 2.27. The van der Waals surface area contributed by atoms with Gasteiger partial charge in [-0.25, -0.2) is 4.68 Å². The molecular formula is C22H23F2N5O3S. The lowest BCUT2D eigenvalue weighted by Crippen LogP contribution is -2.32. The number of benzene rings is 1. The molecule has 4 rings (SSSR count). The average molecular weight is 476 g/mol. The molecule has 0 spiro atoms. The number of thioether (sulfide) groups is 1. The number of hydrogen-bond donors (Lipinski definition) is 1. The van der Waals surface area contributed by atoms with Crippen molar-refractivity contribution in [2.75, 3.05) is 11.6 Å². The minimum atomic E-state index is -2.90. The van der Waals surface area contributed by atoms with Gasteiger partial charge >= 0.3 is 6.61 Å². The third-order valence-corrected chi connectivity index (χ3v) is 6.06. The molecule has 0 unspecified atom stereocenters. The molecule has 8 nitrogen and oxygen atoms in total. The van der Waals surface area contributed by atoms with Crippen molar-refractivity contribution in [1.29, 1.82) is 0 Å². The Morgan fingerprint density at radius 1 is 1.24 bits per heavy atom. The highest BCUT2D eigenvalue weighted by atomic mass is 32.2. The lowest BCUT2D eigenvalue weighted by Gasteiger charge is -2.27. The van der Waals surface area contributed by atoms with Gasteiger partial charge < -0.3 is 19.9 Å². The molecule has 0 bridgehead atoms. The van der Waals surface area contributed by atoms with Crippen LogP contribution >= 0.6 is 11.8 Å². The number of aromatic nitrogens is 3. The number of carbonyl (C=O) groups is 1. The quantitative estimate of drug-likeness (QED) is 0.361. The zero-order valence-electron chi connectivity index (χ0n) is 17.7. The van der Waals surface area contributed by atoms with Gasteiger partial charge in [-0.2, -0.15) is 8.78 Å². The number of rotatable bonds is 9. The Labute approximate surface area is 193 Å². The van der Waals surface area contributed by atoms with E-state index in [0.717, 1.165) is 31.4 Å². The molecule has 0 radical (unpaired) electrons. The summed E-state index contributed by atoms with van der Waals surface area (Å²) in [7, 11) is 0. The lowest BCUT2D eigenvalue weighted by molar-refractivity contribution is -0.127. The normalized spacial score (nSPS) is 13.7. The van der Waals surface area contributed by atoms with Crippen molar-refractivity contribution >= 4 is 17.7 Å². The monoisotopic (exact) mass is 475 g/mol. The van der Waals surface area contributed by atoms with Crippen LogP contribution in [0.15, 0.2) is 64.0 Å². The van der Waals surface area contributed by atoms with Crippen molar-refractivity contribution in [3.63, 3.8) is 0 Å². The molecule has 1 aromatic carbocycles. The first kappa shape index (κ1) is 22.8. The summed E-state index contributed by atoms with van der Waals surface area (Å²) in [6, 6.07) is 9.56. The van der Waals surface area contributed by atoms with E-state index in [1.807, 2.05) is 6.07 Å². The van der Waals surface area contributed by atoms with E-state index in [1.165, 1.54) is 28.6 Å². The SMILES string of the molecule is Nn1c(SCC(=O)N(Cc2ccco2)C2=CCCCC2)nnc1-c1ccc(OC(F)F)cc1. The highest BCUT2D eigenvalue weighted by Gasteiger charge is 2.22. The summed E-state index contributed by atoms with van der Waals surface area (Å²) in [5.74, 6) is 7.26. The van der Waals surface area contributed by atoms with E-state index < -0.39 is 6.61 Å². The molecular weight excluding hydrogens is 452 g/mol. The molecule has 11 heteroatoms. The number of amides is 1. The summed E-state index contributed by atoms with van der Waals surface area (Å²) >= 11 is 1.18. The Hall–Kier alpha value is -3.34. The number of carbonyl (C=O) groups excluding carboxylic acids is 1. The topological polar surface area (TPSA) is 99.4 Å². The third-order valence-electron chi connectivity index (χ3n) is 5.14. The number of ether oxygens (including phenoxy) is 1. The highest BCUT2D eigenvalue weighted by molar-refractivity contribution is 7.99. The fourth-order valence-corrected chi connectivity index (χ4v) is 4.27. The number of nitrogens with zero attached hydrogens (tertiary/aromatic N) is 4. The fraction of sp³-hybridized carbons (Fsp3) is 0.318. The van der Waals surface area contributed by atoms with Gasteiger partial charge in [0, 0.05) is 11.3 Å². The van der Waals surface area contributed by atoms with Crippen molar-refractivity contribution in [1.82, 2.24) is 19.8 Å². The Morgan fingerprint density at radius 2 is 2.06 bits per heavy atom. The maximum absolute atomic E-state index is 13.1. The predicted molar refractivity (Wildman–Crippen MR) is 119 cm³/mol. The molecule has 0 saturated carbocycles. The van der Waals surface area contributed by atoms with Crippen LogP contribution in [0, 0.1) is 0 Å². The van der Waals surface area contributed by atoms with Gasteiger partial charge in [0.05, 0.1) is 18.6 Å². The van der Waals surface area contributed by atoms with Crippen LogP contribution in [0.1, 0.15) is 31.4 Å². The van der Waals surface area contributed by atoms with Crippen LogP contribution in [-0.4, -0.2) is 38.0 Å². The Bertz CT molecular complexity index is 1100. The molecule has 1 aliphatic carbocycles. The van der Waals surface area contributed by atoms with Gasteiger partial charge in [-0.1, -0.05) is 17.8 Å². The second-order valence-corrected chi connectivity index (χ2v) is 8.31. The second kappa shape index (κ2) is 10.5. The molecule has 2 N–H and O–H groups in total. The van der Waals surface area contributed by atoms with Crippen LogP contribution in [0.25, 0.3) is 11.4 Å². The maximum Gasteiger partial charge on any atom is 0.387 e. The number of nitrogens with two attached hydrogens (primary N) is 1. The summed E-state index contributed by atoms with van der Waals surface area (Å²) in [6.07, 6.45) is 7.66. The second-order valence-electron chi connectivity index (χ2n) is 7.37.